The summed E-state index contributed by atoms with van der Waals surface area (Å²) in [4.78, 5) is 14.8. The van der Waals surface area contributed by atoms with E-state index in [9.17, 15) is 4.79 Å². The summed E-state index contributed by atoms with van der Waals surface area (Å²) < 4.78 is 5.26. The molecule has 0 heterocycles. The first-order valence-corrected chi connectivity index (χ1v) is 8.39. The number of benzene rings is 2. The number of amides is 1. The van der Waals surface area contributed by atoms with Crippen molar-refractivity contribution in [2.45, 2.75) is 26.9 Å². The Morgan fingerprint density at radius 1 is 1.00 bits per heavy atom. The van der Waals surface area contributed by atoms with Crippen LogP contribution in [0.2, 0.25) is 0 Å². The normalized spacial score (nSPS) is 10.7. The minimum Gasteiger partial charge on any atom is -0.496 e. The molecule has 0 aliphatic rings. The predicted octanol–water partition coefficient (Wildman–Crippen LogP) is 3.47. The van der Waals surface area contributed by atoms with Gasteiger partial charge >= 0.3 is 0 Å². The number of para-hydroxylation sites is 1. The maximum absolute atomic E-state index is 12.4. The maximum Gasteiger partial charge on any atom is 0.255 e. The number of rotatable bonds is 8. The van der Waals surface area contributed by atoms with E-state index < -0.39 is 0 Å². The van der Waals surface area contributed by atoms with Crippen molar-refractivity contribution in [1.82, 2.24) is 10.2 Å². The highest BCUT2D eigenvalue weighted by Crippen LogP contribution is 2.17. The van der Waals surface area contributed by atoms with Crippen LogP contribution in [-0.2, 0) is 13.1 Å². The maximum atomic E-state index is 12.4. The molecule has 0 unspecified atom stereocenters. The van der Waals surface area contributed by atoms with Gasteiger partial charge in [0.2, 0.25) is 0 Å². The van der Waals surface area contributed by atoms with Crippen molar-refractivity contribution in [3.8, 4) is 5.75 Å². The summed E-state index contributed by atoms with van der Waals surface area (Å²) in [6.45, 7) is 7.75. The Morgan fingerprint density at radius 2 is 1.62 bits per heavy atom. The molecule has 0 aliphatic heterocycles. The largest absolute Gasteiger partial charge is 0.496 e. The fourth-order valence-electron chi connectivity index (χ4n) is 2.68. The van der Waals surface area contributed by atoms with Crippen molar-refractivity contribution in [2.24, 2.45) is 0 Å². The molecular weight excluding hydrogens is 300 g/mol. The molecule has 2 aromatic rings. The van der Waals surface area contributed by atoms with Gasteiger partial charge in [-0.25, -0.2) is 0 Å². The van der Waals surface area contributed by atoms with Crippen LogP contribution in [0.15, 0.2) is 48.5 Å². The summed E-state index contributed by atoms with van der Waals surface area (Å²) in [6, 6.07) is 15.5. The molecule has 24 heavy (non-hydrogen) atoms. The minimum absolute atomic E-state index is 0.120. The molecule has 0 spiro atoms. The summed E-state index contributed by atoms with van der Waals surface area (Å²) in [7, 11) is 1.57. The quantitative estimate of drug-likeness (QED) is 0.807. The number of methoxy groups -OCH3 is 1. The molecule has 0 saturated heterocycles. The van der Waals surface area contributed by atoms with Gasteiger partial charge < -0.3 is 10.1 Å². The third-order valence-corrected chi connectivity index (χ3v) is 4.20. The van der Waals surface area contributed by atoms with Crippen LogP contribution in [-0.4, -0.2) is 31.0 Å². The highest BCUT2D eigenvalue weighted by Gasteiger charge is 2.12. The molecular formula is C20H26N2O2. The van der Waals surface area contributed by atoms with E-state index in [0.717, 1.165) is 25.2 Å². The Kier molecular flexibility index (Phi) is 6.82. The lowest BCUT2D eigenvalue weighted by Gasteiger charge is -2.20. The number of nitrogens with one attached hydrogen (secondary N) is 1. The van der Waals surface area contributed by atoms with Gasteiger partial charge in [-0.2, -0.15) is 0 Å². The summed E-state index contributed by atoms with van der Waals surface area (Å²) in [5.74, 6) is 0.469. The molecule has 0 bridgehead atoms. The van der Waals surface area contributed by atoms with Gasteiger partial charge in [0.15, 0.2) is 0 Å². The lowest BCUT2D eigenvalue weighted by molar-refractivity contribution is 0.0947. The van der Waals surface area contributed by atoms with Gasteiger partial charge in [0.1, 0.15) is 5.75 Å². The van der Waals surface area contributed by atoms with Crippen molar-refractivity contribution < 1.29 is 9.53 Å². The van der Waals surface area contributed by atoms with Gasteiger partial charge in [-0.15, -0.1) is 0 Å². The van der Waals surface area contributed by atoms with Gasteiger partial charge in [0.05, 0.1) is 12.7 Å². The molecule has 2 aromatic carbocycles. The number of carbonyl (C=O) groups excluding carboxylic acids is 1. The zero-order chi connectivity index (χ0) is 17.4. The fraction of sp³-hybridized carbons (Fsp3) is 0.350. The van der Waals surface area contributed by atoms with Crippen LogP contribution >= 0.6 is 0 Å². The highest BCUT2D eigenvalue weighted by molar-refractivity contribution is 5.96. The van der Waals surface area contributed by atoms with E-state index in [2.05, 4.69) is 36.2 Å². The van der Waals surface area contributed by atoms with Crippen molar-refractivity contribution in [2.75, 3.05) is 20.2 Å². The Labute approximate surface area is 144 Å². The predicted molar refractivity (Wildman–Crippen MR) is 97.2 cm³/mol. The average molecular weight is 326 g/mol. The van der Waals surface area contributed by atoms with Crippen LogP contribution in [0, 0.1) is 0 Å². The first-order chi connectivity index (χ1) is 11.7. The lowest BCUT2D eigenvalue weighted by Crippen LogP contribution is -2.26. The smallest absolute Gasteiger partial charge is 0.255 e. The third kappa shape index (κ3) is 4.59. The van der Waals surface area contributed by atoms with Gasteiger partial charge in [0.25, 0.3) is 5.91 Å². The summed E-state index contributed by atoms with van der Waals surface area (Å²) in [6.07, 6.45) is 0. The first kappa shape index (κ1) is 18.0. The van der Waals surface area contributed by atoms with Crippen LogP contribution < -0.4 is 10.1 Å². The molecule has 0 fully saturated rings. The lowest BCUT2D eigenvalue weighted by atomic mass is 10.1. The molecule has 0 aromatic heterocycles. The third-order valence-electron chi connectivity index (χ3n) is 4.20. The molecule has 2 rings (SSSR count). The van der Waals surface area contributed by atoms with Gasteiger partial charge in [-0.05, 0) is 36.3 Å². The summed E-state index contributed by atoms with van der Waals surface area (Å²) in [5.41, 5.74) is 2.95. The van der Waals surface area contributed by atoms with E-state index in [1.54, 1.807) is 19.2 Å². The molecule has 0 radical (unpaired) electrons. The van der Waals surface area contributed by atoms with Crippen LogP contribution in [0.4, 0.5) is 0 Å². The topological polar surface area (TPSA) is 41.6 Å². The Morgan fingerprint density at radius 3 is 2.29 bits per heavy atom. The van der Waals surface area contributed by atoms with Crippen molar-refractivity contribution in [1.29, 1.82) is 0 Å². The Bertz CT molecular complexity index is 666. The fourth-order valence-corrected chi connectivity index (χ4v) is 2.68. The van der Waals surface area contributed by atoms with Crippen molar-refractivity contribution in [3.05, 3.63) is 65.2 Å². The molecule has 0 atom stereocenters. The van der Waals surface area contributed by atoms with E-state index in [4.69, 9.17) is 4.74 Å². The van der Waals surface area contributed by atoms with Crippen LogP contribution in [0.25, 0.3) is 0 Å². The van der Waals surface area contributed by atoms with Crippen molar-refractivity contribution in [3.63, 3.8) is 0 Å². The number of carbonyl (C=O) groups is 1. The van der Waals surface area contributed by atoms with Gasteiger partial charge in [-0.3, -0.25) is 9.69 Å². The molecule has 128 valence electrons. The van der Waals surface area contributed by atoms with E-state index in [0.29, 0.717) is 17.9 Å². The van der Waals surface area contributed by atoms with E-state index in [1.165, 1.54) is 5.56 Å². The van der Waals surface area contributed by atoms with Crippen LogP contribution in [0.5, 0.6) is 5.75 Å². The van der Waals surface area contributed by atoms with Crippen LogP contribution in [0.1, 0.15) is 35.3 Å². The van der Waals surface area contributed by atoms with Crippen LogP contribution in [0.3, 0.4) is 0 Å². The Hall–Kier alpha value is -2.33. The molecule has 0 aliphatic carbocycles. The number of nitrogens with zero attached hydrogens (tertiary/aromatic N) is 1. The SMILES string of the molecule is CCN(CC)Cc1ccccc1CNC(=O)c1ccccc1OC. The standard InChI is InChI=1S/C20H26N2O2/c1-4-22(5-2)15-17-11-7-6-10-16(17)14-21-20(23)18-12-8-9-13-19(18)24-3/h6-13H,4-5,14-15H2,1-3H3,(H,21,23). The molecule has 4 nitrogen and oxygen atoms in total. The Balaban J connectivity index is 2.08. The second-order valence-electron chi connectivity index (χ2n) is 5.61. The molecule has 1 N–H and O–H groups in total. The second kappa shape index (κ2) is 9.08. The molecule has 4 heteroatoms. The number of hydrogen-bond acceptors (Lipinski definition) is 3. The zero-order valence-corrected chi connectivity index (χ0v) is 14.7. The highest BCUT2D eigenvalue weighted by atomic mass is 16.5. The summed E-state index contributed by atoms with van der Waals surface area (Å²) >= 11 is 0. The van der Waals surface area contributed by atoms with E-state index >= 15 is 0 Å². The zero-order valence-electron chi connectivity index (χ0n) is 14.7. The second-order valence-corrected chi connectivity index (χ2v) is 5.61. The minimum atomic E-state index is -0.120. The molecule has 0 saturated carbocycles. The van der Waals surface area contributed by atoms with Crippen molar-refractivity contribution >= 4 is 5.91 Å². The van der Waals surface area contributed by atoms with Gasteiger partial charge in [0, 0.05) is 13.1 Å². The average Bonchev–Trinajstić information content (AvgIpc) is 2.64. The van der Waals surface area contributed by atoms with E-state index in [1.807, 2.05) is 24.3 Å². The number of hydrogen-bond donors (Lipinski definition) is 1. The van der Waals surface area contributed by atoms with Gasteiger partial charge in [-0.1, -0.05) is 50.2 Å². The number of ether oxygens (including phenoxy) is 1. The summed E-state index contributed by atoms with van der Waals surface area (Å²) in [5, 5.41) is 3.00. The monoisotopic (exact) mass is 326 g/mol. The molecule has 1 amide bonds. The van der Waals surface area contributed by atoms with E-state index in [-0.39, 0.29) is 5.91 Å². The first-order valence-electron chi connectivity index (χ1n) is 8.39.